The molecular formula is C19H11F4NO. The summed E-state index contributed by atoms with van der Waals surface area (Å²) in [6.45, 7) is 1.37. The van der Waals surface area contributed by atoms with Crippen molar-refractivity contribution in [3.8, 4) is 11.3 Å². The fourth-order valence-electron chi connectivity index (χ4n) is 3.51. The van der Waals surface area contributed by atoms with Crippen LogP contribution in [-0.4, -0.2) is 10.5 Å². The molecule has 4 rings (SSSR count). The molecule has 1 aliphatic rings. The number of nitrogens with zero attached hydrogens (tertiary/aromatic N) is 1. The van der Waals surface area contributed by atoms with Gasteiger partial charge in [0.25, 0.3) is 6.08 Å². The van der Waals surface area contributed by atoms with Gasteiger partial charge in [-0.25, -0.2) is 8.78 Å². The minimum atomic E-state index is -2.00. The molecule has 25 heavy (non-hydrogen) atoms. The van der Waals surface area contributed by atoms with Crippen LogP contribution in [0.25, 0.3) is 22.2 Å². The largest absolute Gasteiger partial charge is 0.279 e. The summed E-state index contributed by atoms with van der Waals surface area (Å²) in [4.78, 5) is 13.1. The second-order valence-electron chi connectivity index (χ2n) is 6.17. The van der Waals surface area contributed by atoms with Crippen molar-refractivity contribution in [2.75, 3.05) is 0 Å². The summed E-state index contributed by atoms with van der Waals surface area (Å²) < 4.78 is 55.0. The van der Waals surface area contributed by atoms with Gasteiger partial charge in [0.2, 0.25) is 5.91 Å². The molecule has 0 saturated heterocycles. The topological polar surface area (TPSA) is 22.0 Å². The van der Waals surface area contributed by atoms with Gasteiger partial charge in [-0.15, -0.1) is 0 Å². The molecule has 2 nitrogen and oxygen atoms in total. The van der Waals surface area contributed by atoms with Gasteiger partial charge in [-0.2, -0.15) is 8.78 Å². The Balaban J connectivity index is 2.17. The lowest BCUT2D eigenvalue weighted by atomic mass is 9.76. The molecule has 1 unspecified atom stereocenters. The van der Waals surface area contributed by atoms with Crippen LogP contribution in [-0.2, 0) is 5.41 Å². The van der Waals surface area contributed by atoms with Gasteiger partial charge in [0, 0.05) is 23.1 Å². The van der Waals surface area contributed by atoms with Gasteiger partial charge >= 0.3 is 0 Å². The van der Waals surface area contributed by atoms with Gasteiger partial charge < -0.3 is 0 Å². The second kappa shape index (κ2) is 5.05. The van der Waals surface area contributed by atoms with Crippen LogP contribution in [0.15, 0.2) is 54.6 Å². The first kappa shape index (κ1) is 15.6. The van der Waals surface area contributed by atoms with Crippen LogP contribution in [0.4, 0.5) is 17.6 Å². The Labute approximate surface area is 140 Å². The molecule has 0 aliphatic carbocycles. The Hall–Kier alpha value is -2.89. The van der Waals surface area contributed by atoms with E-state index in [1.165, 1.54) is 13.0 Å². The zero-order valence-electron chi connectivity index (χ0n) is 13.0. The first-order chi connectivity index (χ1) is 11.8. The van der Waals surface area contributed by atoms with Gasteiger partial charge in [0.05, 0.1) is 16.6 Å². The van der Waals surface area contributed by atoms with E-state index in [1.807, 2.05) is 0 Å². The van der Waals surface area contributed by atoms with Gasteiger partial charge in [-0.05, 0) is 24.6 Å². The van der Waals surface area contributed by atoms with Crippen molar-refractivity contribution in [2.24, 2.45) is 0 Å². The highest BCUT2D eigenvalue weighted by atomic mass is 19.3. The maximum absolute atomic E-state index is 14.1. The smallest absolute Gasteiger partial charge is 0.267 e. The number of fused-ring (bicyclic) bond motifs is 5. The van der Waals surface area contributed by atoms with Gasteiger partial charge in [-0.3, -0.25) is 9.36 Å². The molecular weight excluding hydrogens is 334 g/mol. The molecule has 0 bridgehead atoms. The van der Waals surface area contributed by atoms with Crippen LogP contribution in [0, 0.1) is 11.6 Å². The third-order valence-corrected chi connectivity index (χ3v) is 4.64. The van der Waals surface area contributed by atoms with Crippen LogP contribution in [0.5, 0.6) is 0 Å². The van der Waals surface area contributed by atoms with E-state index < -0.39 is 29.0 Å². The standard InChI is InChI=1S/C19H11F4NO/c1-19(9-17(22)23)13-5-3-2-4-11(13)16-8-12-14(21)6-10(20)7-15(12)24(16)18(19)25/h2-9H,1H3. The predicted octanol–water partition coefficient (Wildman–Crippen LogP) is 5.28. The zero-order valence-corrected chi connectivity index (χ0v) is 13.0. The van der Waals surface area contributed by atoms with E-state index in [4.69, 9.17) is 0 Å². The van der Waals surface area contributed by atoms with E-state index in [9.17, 15) is 22.4 Å². The monoisotopic (exact) mass is 345 g/mol. The Morgan fingerprint density at radius 2 is 1.84 bits per heavy atom. The minimum Gasteiger partial charge on any atom is -0.279 e. The van der Waals surface area contributed by atoms with Crippen molar-refractivity contribution in [1.82, 2.24) is 4.57 Å². The van der Waals surface area contributed by atoms with E-state index in [1.54, 1.807) is 24.3 Å². The van der Waals surface area contributed by atoms with E-state index in [0.29, 0.717) is 22.9 Å². The van der Waals surface area contributed by atoms with Crippen molar-refractivity contribution in [2.45, 2.75) is 12.3 Å². The Bertz CT molecular complexity index is 1080. The number of allylic oxidation sites excluding steroid dienone is 1. The summed E-state index contributed by atoms with van der Waals surface area (Å²) in [6.07, 6.45) is -1.42. The van der Waals surface area contributed by atoms with Crippen molar-refractivity contribution < 1.29 is 22.4 Å². The van der Waals surface area contributed by atoms with E-state index in [2.05, 4.69) is 0 Å². The minimum absolute atomic E-state index is 0.0193. The normalized spacial score (nSPS) is 18.8. The first-order valence-electron chi connectivity index (χ1n) is 7.52. The van der Waals surface area contributed by atoms with Crippen molar-refractivity contribution in [1.29, 1.82) is 0 Å². The van der Waals surface area contributed by atoms with Crippen molar-refractivity contribution in [3.63, 3.8) is 0 Å². The summed E-state index contributed by atoms with van der Waals surface area (Å²) >= 11 is 0. The van der Waals surface area contributed by atoms with Crippen molar-refractivity contribution >= 4 is 16.8 Å². The second-order valence-corrected chi connectivity index (χ2v) is 6.17. The summed E-state index contributed by atoms with van der Waals surface area (Å²) in [5.74, 6) is -2.34. The lowest BCUT2D eigenvalue weighted by Gasteiger charge is -2.33. The fraction of sp³-hybridized carbons (Fsp3) is 0.105. The number of benzene rings is 2. The van der Waals surface area contributed by atoms with Gasteiger partial charge in [0.1, 0.15) is 11.6 Å². The van der Waals surface area contributed by atoms with E-state index >= 15 is 0 Å². The Kier molecular flexibility index (Phi) is 3.16. The third-order valence-electron chi connectivity index (χ3n) is 4.64. The van der Waals surface area contributed by atoms with Crippen LogP contribution >= 0.6 is 0 Å². The number of hydrogen-bond acceptors (Lipinski definition) is 1. The third kappa shape index (κ3) is 2.06. The van der Waals surface area contributed by atoms with Gasteiger partial charge in [-0.1, -0.05) is 24.3 Å². The highest BCUT2D eigenvalue weighted by Crippen LogP contribution is 2.44. The number of halogens is 4. The molecule has 6 heteroatoms. The van der Waals surface area contributed by atoms with Crippen LogP contribution in [0.2, 0.25) is 0 Å². The molecule has 0 fully saturated rings. The van der Waals surface area contributed by atoms with Crippen LogP contribution in [0.1, 0.15) is 17.3 Å². The zero-order chi connectivity index (χ0) is 17.9. The Morgan fingerprint density at radius 3 is 2.56 bits per heavy atom. The molecule has 1 aliphatic heterocycles. The average molecular weight is 345 g/mol. The molecule has 0 amide bonds. The predicted molar refractivity (Wildman–Crippen MR) is 85.6 cm³/mol. The average Bonchev–Trinajstić information content (AvgIpc) is 2.92. The molecule has 1 atom stereocenters. The molecule has 2 heterocycles. The maximum Gasteiger partial charge on any atom is 0.267 e. The summed E-state index contributed by atoms with van der Waals surface area (Å²) in [5.41, 5.74) is -0.352. The van der Waals surface area contributed by atoms with Gasteiger partial charge in [0.15, 0.2) is 0 Å². The number of rotatable bonds is 1. The molecule has 1 aromatic heterocycles. The fourth-order valence-corrected chi connectivity index (χ4v) is 3.51. The maximum atomic E-state index is 14.1. The molecule has 126 valence electrons. The molecule has 0 N–H and O–H groups in total. The molecule has 0 saturated carbocycles. The highest BCUT2D eigenvalue weighted by Gasteiger charge is 2.43. The van der Waals surface area contributed by atoms with Crippen molar-refractivity contribution in [3.05, 3.63) is 71.8 Å². The number of carbonyl (C=O) groups is 1. The van der Waals surface area contributed by atoms with Crippen LogP contribution < -0.4 is 0 Å². The van der Waals surface area contributed by atoms with E-state index in [0.717, 1.165) is 16.7 Å². The summed E-state index contributed by atoms with van der Waals surface area (Å²) in [5, 5.41) is 0.0634. The Morgan fingerprint density at radius 1 is 1.12 bits per heavy atom. The number of aromatic nitrogens is 1. The molecule has 2 aromatic carbocycles. The summed E-state index contributed by atoms with van der Waals surface area (Å²) in [6, 6.07) is 9.80. The molecule has 3 aromatic rings. The summed E-state index contributed by atoms with van der Waals surface area (Å²) in [7, 11) is 0. The SMILES string of the molecule is CC1(C=C(F)F)C(=O)n2c(cc3c(F)cc(F)cc32)-c2ccccc21. The highest BCUT2D eigenvalue weighted by molar-refractivity contribution is 6.07. The van der Waals surface area contributed by atoms with Crippen LogP contribution in [0.3, 0.4) is 0 Å². The quantitative estimate of drug-likeness (QED) is 0.550. The number of carbonyl (C=O) groups excluding carboxylic acids is 1. The molecule has 0 radical (unpaired) electrons. The number of hydrogen-bond donors (Lipinski definition) is 0. The lowest BCUT2D eigenvalue weighted by Crippen LogP contribution is -2.39. The van der Waals surface area contributed by atoms with E-state index in [-0.39, 0.29) is 10.9 Å². The first-order valence-corrected chi connectivity index (χ1v) is 7.52. The lowest BCUT2D eigenvalue weighted by molar-refractivity contribution is 0.0841. The molecule has 0 spiro atoms.